The van der Waals surface area contributed by atoms with E-state index in [-0.39, 0.29) is 47.8 Å². The second-order valence-electron chi connectivity index (χ2n) is 9.65. The molecule has 4 aromatic rings. The minimum atomic E-state index is -0.647. The molecule has 1 aliphatic heterocycles. The molecule has 0 spiro atoms. The summed E-state index contributed by atoms with van der Waals surface area (Å²) in [7, 11) is 0. The Labute approximate surface area is 225 Å². The van der Waals surface area contributed by atoms with Crippen molar-refractivity contribution in [1.82, 2.24) is 19.9 Å². The Hall–Kier alpha value is -4.86. The number of nitrogen functional groups attached to an aromatic ring is 1. The van der Waals surface area contributed by atoms with Crippen molar-refractivity contribution in [3.8, 4) is 11.5 Å². The molecule has 2 aromatic heterocycles. The zero-order chi connectivity index (χ0) is 27.5. The number of carbonyl (C=O) groups is 1. The number of nitrogens with zero attached hydrogens (tertiary/aromatic N) is 3. The number of carbonyl (C=O) groups excluding carboxylic acids is 1. The Kier molecular flexibility index (Phi) is 7.18. The number of hydrogen-bond donors (Lipinski definition) is 5. The quantitative estimate of drug-likeness (QED) is 0.235. The number of amides is 1. The number of hydrogen-bond acceptors (Lipinski definition) is 8. The van der Waals surface area contributed by atoms with Gasteiger partial charge in [0.05, 0.1) is 0 Å². The van der Waals surface area contributed by atoms with Crippen LogP contribution in [-0.2, 0) is 17.8 Å². The van der Waals surface area contributed by atoms with Gasteiger partial charge in [0.15, 0.2) is 5.82 Å². The van der Waals surface area contributed by atoms with Gasteiger partial charge in [-0.1, -0.05) is 30.3 Å². The summed E-state index contributed by atoms with van der Waals surface area (Å²) in [4.78, 5) is 35.2. The number of aromatic nitrogens is 3. The summed E-state index contributed by atoms with van der Waals surface area (Å²) in [6.07, 6.45) is 2.70. The van der Waals surface area contributed by atoms with Crippen LogP contribution in [0.15, 0.2) is 71.7 Å². The Morgan fingerprint density at radius 3 is 2.44 bits per heavy atom. The zero-order valence-electron chi connectivity index (χ0n) is 21.5. The monoisotopic (exact) mass is 526 g/mol. The molecule has 10 nitrogen and oxygen atoms in total. The van der Waals surface area contributed by atoms with Crippen LogP contribution in [-0.4, -0.2) is 37.2 Å². The first kappa shape index (κ1) is 25.8. The van der Waals surface area contributed by atoms with Crippen LogP contribution in [0, 0.1) is 6.92 Å². The van der Waals surface area contributed by atoms with Crippen molar-refractivity contribution in [2.24, 2.45) is 0 Å². The molecule has 39 heavy (non-hydrogen) atoms. The lowest BCUT2D eigenvalue weighted by Crippen LogP contribution is -2.36. The molecule has 0 saturated carbocycles. The molecule has 0 aliphatic carbocycles. The summed E-state index contributed by atoms with van der Waals surface area (Å²) in [6.45, 7) is 2.39. The van der Waals surface area contributed by atoms with E-state index in [4.69, 9.17) is 5.73 Å². The summed E-state index contributed by atoms with van der Waals surface area (Å²) >= 11 is 0. The number of pyridine rings is 1. The Balaban J connectivity index is 1.36. The topological polar surface area (TPSA) is 155 Å². The number of rotatable bonds is 8. The Morgan fingerprint density at radius 1 is 1.10 bits per heavy atom. The molecule has 0 bridgehead atoms. The van der Waals surface area contributed by atoms with Crippen LogP contribution in [0.1, 0.15) is 46.5 Å². The summed E-state index contributed by atoms with van der Waals surface area (Å²) in [6, 6.07) is 16.6. The normalized spacial score (nSPS) is 14.3. The van der Waals surface area contributed by atoms with E-state index in [2.05, 4.69) is 20.6 Å². The van der Waals surface area contributed by atoms with Gasteiger partial charge in [-0.15, -0.1) is 0 Å². The van der Waals surface area contributed by atoms with Crippen molar-refractivity contribution in [3.05, 3.63) is 105 Å². The molecule has 0 radical (unpaired) electrons. The van der Waals surface area contributed by atoms with Crippen molar-refractivity contribution in [2.75, 3.05) is 17.6 Å². The van der Waals surface area contributed by atoms with Crippen LogP contribution in [0.2, 0.25) is 0 Å². The number of fused-ring (bicyclic) bond motifs is 1. The van der Waals surface area contributed by atoms with Gasteiger partial charge in [0, 0.05) is 36.6 Å². The van der Waals surface area contributed by atoms with Gasteiger partial charge in [0.25, 0.3) is 5.56 Å². The highest BCUT2D eigenvalue weighted by Crippen LogP contribution is 2.30. The summed E-state index contributed by atoms with van der Waals surface area (Å²) in [5.41, 5.74) is 9.25. The van der Waals surface area contributed by atoms with Crippen molar-refractivity contribution >= 4 is 17.5 Å². The predicted molar refractivity (Wildman–Crippen MR) is 148 cm³/mol. The van der Waals surface area contributed by atoms with Crippen LogP contribution in [0.5, 0.6) is 11.5 Å². The second kappa shape index (κ2) is 10.9. The number of anilines is 2. The smallest absolute Gasteiger partial charge is 0.294 e. The summed E-state index contributed by atoms with van der Waals surface area (Å²) in [5.74, 6) is 0.240. The zero-order valence-corrected chi connectivity index (χ0v) is 21.5. The number of aromatic hydroxyl groups is 2. The van der Waals surface area contributed by atoms with E-state index in [1.165, 1.54) is 4.57 Å². The number of phenols is 2. The maximum Gasteiger partial charge on any atom is 0.294 e. The number of nitrogens with one attached hydrogen (secondary N) is 2. The van der Waals surface area contributed by atoms with Gasteiger partial charge < -0.3 is 26.6 Å². The molecule has 5 rings (SSSR count). The van der Waals surface area contributed by atoms with Gasteiger partial charge in [-0.25, -0.2) is 9.97 Å². The first-order valence-electron chi connectivity index (χ1n) is 12.7. The molecule has 0 saturated heterocycles. The lowest BCUT2D eigenvalue weighted by atomic mass is 9.91. The first-order chi connectivity index (χ1) is 18.8. The third-order valence-electron chi connectivity index (χ3n) is 7.05. The Bertz CT molecular complexity index is 1540. The molecule has 2 aromatic carbocycles. The molecular formula is C29H30N6O4. The lowest BCUT2D eigenvalue weighted by Gasteiger charge is -2.20. The van der Waals surface area contributed by atoms with Crippen molar-refractivity contribution < 1.29 is 15.0 Å². The van der Waals surface area contributed by atoms with E-state index in [0.29, 0.717) is 24.4 Å². The minimum absolute atomic E-state index is 0.118. The fourth-order valence-corrected chi connectivity index (χ4v) is 5.02. The highest BCUT2D eigenvalue weighted by molar-refractivity contribution is 5.81. The molecular weight excluding hydrogens is 496 g/mol. The molecule has 10 heteroatoms. The van der Waals surface area contributed by atoms with Crippen LogP contribution < -0.4 is 21.9 Å². The van der Waals surface area contributed by atoms with Gasteiger partial charge in [-0.3, -0.25) is 14.2 Å². The van der Waals surface area contributed by atoms with E-state index in [9.17, 15) is 19.8 Å². The summed E-state index contributed by atoms with van der Waals surface area (Å²) in [5, 5.41) is 26.2. The number of aryl methyl sites for hydroxylation is 2. The van der Waals surface area contributed by atoms with Gasteiger partial charge in [-0.05, 0) is 66.8 Å². The number of nitrogens with two attached hydrogens (primary N) is 1. The molecule has 1 aliphatic rings. The van der Waals surface area contributed by atoms with Crippen molar-refractivity contribution in [3.63, 3.8) is 0 Å². The van der Waals surface area contributed by atoms with E-state index >= 15 is 0 Å². The third-order valence-corrected chi connectivity index (χ3v) is 7.05. The highest BCUT2D eigenvalue weighted by atomic mass is 16.3. The van der Waals surface area contributed by atoms with Gasteiger partial charge in [0.1, 0.15) is 23.4 Å². The maximum atomic E-state index is 13.5. The highest BCUT2D eigenvalue weighted by Gasteiger charge is 2.31. The summed E-state index contributed by atoms with van der Waals surface area (Å²) < 4.78 is 1.51. The molecule has 0 unspecified atom stereocenters. The van der Waals surface area contributed by atoms with Crippen molar-refractivity contribution in [2.45, 2.75) is 38.3 Å². The van der Waals surface area contributed by atoms with Crippen LogP contribution >= 0.6 is 0 Å². The van der Waals surface area contributed by atoms with E-state index in [0.717, 1.165) is 22.4 Å². The second-order valence-corrected chi connectivity index (χ2v) is 9.65. The molecule has 200 valence electrons. The predicted octanol–water partition coefficient (Wildman–Crippen LogP) is 2.99. The molecule has 0 fully saturated rings. The average molecular weight is 527 g/mol. The Morgan fingerprint density at radius 2 is 1.79 bits per heavy atom. The van der Waals surface area contributed by atoms with Crippen LogP contribution in [0.3, 0.4) is 0 Å². The SMILES string of the molecule is Cc1nc(N)ccc1CNC(=O)[C@@H]1CCc2cnc(NCC(c3cccc(O)c3)c3cccc(O)c3)c(=O)n21. The number of phenolic OH excluding ortho intramolecular Hbond substituents is 2. The maximum absolute atomic E-state index is 13.5. The van der Waals surface area contributed by atoms with Gasteiger partial charge in [-0.2, -0.15) is 0 Å². The fraction of sp³-hybridized carbons (Fsp3) is 0.241. The van der Waals surface area contributed by atoms with E-state index < -0.39 is 6.04 Å². The molecule has 3 heterocycles. The van der Waals surface area contributed by atoms with E-state index in [1.807, 2.05) is 25.1 Å². The van der Waals surface area contributed by atoms with Crippen molar-refractivity contribution in [1.29, 1.82) is 0 Å². The molecule has 6 N–H and O–H groups in total. The molecule has 1 amide bonds. The van der Waals surface area contributed by atoms with E-state index in [1.54, 1.807) is 48.7 Å². The fourth-order valence-electron chi connectivity index (χ4n) is 5.02. The van der Waals surface area contributed by atoms with Gasteiger partial charge >= 0.3 is 0 Å². The van der Waals surface area contributed by atoms with Gasteiger partial charge in [0.2, 0.25) is 5.91 Å². The molecule has 1 atom stereocenters. The average Bonchev–Trinajstić information content (AvgIpc) is 3.35. The lowest BCUT2D eigenvalue weighted by molar-refractivity contribution is -0.124. The largest absolute Gasteiger partial charge is 0.508 e. The van der Waals surface area contributed by atoms with Crippen LogP contribution in [0.25, 0.3) is 0 Å². The first-order valence-corrected chi connectivity index (χ1v) is 12.7. The number of benzene rings is 2. The van der Waals surface area contributed by atoms with Crippen LogP contribution in [0.4, 0.5) is 11.6 Å². The standard InChI is InChI=1S/C29H30N6O4/c1-17-20(8-11-26(30)34-17)14-33-28(38)25-10-9-21-15-31-27(29(39)35(21)25)32-16-24(18-4-2-6-22(36)12-18)19-5-3-7-23(37)13-19/h2-8,11-13,15,24-25,36-37H,9-10,14,16H2,1H3,(H2,30,34)(H,31,32)(H,33,38)/t25-/m0/s1. The minimum Gasteiger partial charge on any atom is -0.508 e. The third kappa shape index (κ3) is 5.54.